The predicted molar refractivity (Wildman–Crippen MR) is 129 cm³/mol. The fraction of sp³-hybridized carbons (Fsp3) is 0.143. The summed E-state index contributed by atoms with van der Waals surface area (Å²) in [4.78, 5) is 33.7. The molecule has 31 heavy (non-hydrogen) atoms. The van der Waals surface area contributed by atoms with Crippen LogP contribution in [-0.4, -0.2) is 26.2 Å². The van der Waals surface area contributed by atoms with Gasteiger partial charge in [0.1, 0.15) is 0 Å². The lowest BCUT2D eigenvalue weighted by atomic mass is 10.2. The molecule has 2 aromatic carbocycles. The molecular weight excluding hydrogens is 475 g/mol. The lowest BCUT2D eigenvalue weighted by Gasteiger charge is -2.08. The number of hydrogen-bond donors (Lipinski definition) is 1. The molecule has 0 atom stereocenters. The van der Waals surface area contributed by atoms with Crippen LogP contribution < -0.4 is 10.9 Å². The quantitative estimate of drug-likeness (QED) is 0.285. The van der Waals surface area contributed by atoms with E-state index in [-0.39, 0.29) is 17.9 Å². The molecule has 0 aliphatic heterocycles. The molecule has 6 nitrogen and oxygen atoms in total. The van der Waals surface area contributed by atoms with Crippen molar-refractivity contribution in [3.8, 4) is 11.3 Å². The van der Waals surface area contributed by atoms with Crippen LogP contribution in [0.1, 0.15) is 6.42 Å². The number of carbonyl (C=O) groups excluding carboxylic acids is 1. The largest absolute Gasteiger partial charge is 0.302 e. The summed E-state index contributed by atoms with van der Waals surface area (Å²) in [6, 6.07) is 12.5. The van der Waals surface area contributed by atoms with E-state index in [1.165, 1.54) is 27.7 Å². The number of hydrogen-bond acceptors (Lipinski definition) is 6. The maximum atomic E-state index is 12.5. The van der Waals surface area contributed by atoms with Crippen LogP contribution in [0.3, 0.4) is 0 Å². The molecule has 4 rings (SSSR count). The van der Waals surface area contributed by atoms with E-state index in [2.05, 4.69) is 15.3 Å². The Morgan fingerprint density at radius 2 is 1.97 bits per heavy atom. The number of rotatable bonds is 6. The zero-order chi connectivity index (χ0) is 22.0. The van der Waals surface area contributed by atoms with Crippen LogP contribution >= 0.6 is 46.3 Å². The zero-order valence-electron chi connectivity index (χ0n) is 16.3. The third-order valence-corrected chi connectivity index (χ3v) is 7.00. The Kier molecular flexibility index (Phi) is 6.62. The van der Waals surface area contributed by atoms with Gasteiger partial charge in [0, 0.05) is 30.2 Å². The first-order chi connectivity index (χ1) is 14.9. The van der Waals surface area contributed by atoms with E-state index in [1.807, 2.05) is 23.6 Å². The first kappa shape index (κ1) is 21.8. The number of nitrogens with one attached hydrogen (secondary N) is 1. The van der Waals surface area contributed by atoms with Gasteiger partial charge in [-0.15, -0.1) is 11.3 Å². The molecule has 0 unspecified atom stereocenters. The van der Waals surface area contributed by atoms with Gasteiger partial charge in [-0.2, -0.15) is 0 Å². The number of thioether (sulfide) groups is 1. The van der Waals surface area contributed by atoms with Crippen molar-refractivity contribution >= 4 is 68.2 Å². The Morgan fingerprint density at radius 1 is 1.16 bits per heavy atom. The van der Waals surface area contributed by atoms with Gasteiger partial charge in [0.25, 0.3) is 5.56 Å². The highest BCUT2D eigenvalue weighted by Gasteiger charge is 2.12. The van der Waals surface area contributed by atoms with Gasteiger partial charge in [-0.3, -0.25) is 14.2 Å². The second-order valence-electron chi connectivity index (χ2n) is 6.59. The van der Waals surface area contributed by atoms with Crippen molar-refractivity contribution in [3.63, 3.8) is 0 Å². The third-order valence-electron chi connectivity index (χ3n) is 4.47. The smallest absolute Gasteiger partial charge is 0.261 e. The van der Waals surface area contributed by atoms with E-state index >= 15 is 0 Å². The Bertz CT molecular complexity index is 1340. The summed E-state index contributed by atoms with van der Waals surface area (Å²) in [7, 11) is 1.68. The summed E-state index contributed by atoms with van der Waals surface area (Å²) in [5.41, 5.74) is 2.08. The lowest BCUT2D eigenvalue weighted by molar-refractivity contribution is -0.115. The molecule has 0 aliphatic carbocycles. The van der Waals surface area contributed by atoms with Crippen LogP contribution in [0.2, 0.25) is 10.0 Å². The van der Waals surface area contributed by atoms with Crippen LogP contribution in [0.15, 0.2) is 57.8 Å². The highest BCUT2D eigenvalue weighted by atomic mass is 35.5. The molecular formula is C21H16Cl2N4O2S2. The molecule has 4 aromatic rings. The average Bonchev–Trinajstić information content (AvgIpc) is 3.22. The molecule has 0 radical (unpaired) electrons. The van der Waals surface area contributed by atoms with E-state index in [4.69, 9.17) is 23.2 Å². The summed E-state index contributed by atoms with van der Waals surface area (Å²) in [5.74, 6) is 0.323. The van der Waals surface area contributed by atoms with Gasteiger partial charge in [0.2, 0.25) is 5.91 Å². The Morgan fingerprint density at radius 3 is 2.77 bits per heavy atom. The number of para-hydroxylation sites is 1. The number of halogens is 2. The molecule has 1 amide bonds. The van der Waals surface area contributed by atoms with Gasteiger partial charge < -0.3 is 5.32 Å². The first-order valence-corrected chi connectivity index (χ1v) is 11.8. The second-order valence-corrected chi connectivity index (χ2v) is 9.32. The molecule has 0 aliphatic rings. The normalized spacial score (nSPS) is 11.1. The van der Waals surface area contributed by atoms with E-state index in [0.29, 0.717) is 42.7 Å². The van der Waals surface area contributed by atoms with Crippen molar-refractivity contribution in [2.24, 2.45) is 7.05 Å². The van der Waals surface area contributed by atoms with Crippen LogP contribution in [-0.2, 0) is 11.8 Å². The van der Waals surface area contributed by atoms with Gasteiger partial charge in [-0.25, -0.2) is 9.97 Å². The summed E-state index contributed by atoms with van der Waals surface area (Å²) >= 11 is 14.7. The van der Waals surface area contributed by atoms with Gasteiger partial charge in [0.05, 0.1) is 26.6 Å². The molecule has 1 N–H and O–H groups in total. The number of thiazole rings is 1. The molecule has 10 heteroatoms. The fourth-order valence-corrected chi connectivity index (χ4v) is 4.81. The standard InChI is InChI=1S/C21H16Cl2N4O2S2/c1-27-19(29)13-4-2-3-5-16(13)25-21(27)30-9-8-18(28)26-20-24-17(11-31-20)12-6-7-14(22)15(23)10-12/h2-7,10-11H,8-9H2,1H3,(H,24,26,28). The lowest BCUT2D eigenvalue weighted by Crippen LogP contribution is -2.20. The molecule has 0 bridgehead atoms. The van der Waals surface area contributed by atoms with Gasteiger partial charge in [0.15, 0.2) is 10.3 Å². The van der Waals surface area contributed by atoms with E-state index in [9.17, 15) is 9.59 Å². The number of fused-ring (bicyclic) bond motifs is 1. The minimum atomic E-state index is -0.159. The number of aromatic nitrogens is 3. The number of benzene rings is 2. The van der Waals surface area contributed by atoms with Gasteiger partial charge >= 0.3 is 0 Å². The third kappa shape index (κ3) is 4.93. The summed E-state index contributed by atoms with van der Waals surface area (Å²) in [5, 5.41) is 7.24. The van der Waals surface area contributed by atoms with Crippen molar-refractivity contribution in [2.45, 2.75) is 11.6 Å². The topological polar surface area (TPSA) is 76.9 Å². The average molecular weight is 491 g/mol. The van der Waals surface area contributed by atoms with Gasteiger partial charge in [-0.05, 0) is 24.3 Å². The summed E-state index contributed by atoms with van der Waals surface area (Å²) in [6.45, 7) is 0. The number of amides is 1. The molecule has 0 saturated carbocycles. The van der Waals surface area contributed by atoms with Gasteiger partial charge in [-0.1, -0.05) is 53.2 Å². The number of nitrogens with zero attached hydrogens (tertiary/aromatic N) is 3. The maximum absolute atomic E-state index is 12.5. The van der Waals surface area contributed by atoms with Crippen molar-refractivity contribution < 1.29 is 4.79 Å². The van der Waals surface area contributed by atoms with E-state index in [1.54, 1.807) is 31.3 Å². The highest BCUT2D eigenvalue weighted by Crippen LogP contribution is 2.30. The minimum absolute atomic E-state index is 0.102. The molecule has 0 spiro atoms. The molecule has 2 aromatic heterocycles. The molecule has 158 valence electrons. The molecule has 0 fully saturated rings. The van der Waals surface area contributed by atoms with E-state index in [0.717, 1.165) is 5.56 Å². The Labute approximate surface area is 196 Å². The van der Waals surface area contributed by atoms with Crippen LogP contribution in [0.25, 0.3) is 22.2 Å². The van der Waals surface area contributed by atoms with Crippen LogP contribution in [0.5, 0.6) is 0 Å². The van der Waals surface area contributed by atoms with Crippen molar-refractivity contribution in [1.82, 2.24) is 14.5 Å². The van der Waals surface area contributed by atoms with E-state index < -0.39 is 0 Å². The summed E-state index contributed by atoms with van der Waals surface area (Å²) in [6.07, 6.45) is 0.259. The first-order valence-electron chi connectivity index (χ1n) is 9.22. The second kappa shape index (κ2) is 9.40. The number of carbonyl (C=O) groups is 1. The molecule has 2 heterocycles. The van der Waals surface area contributed by atoms with Crippen molar-refractivity contribution in [2.75, 3.05) is 11.1 Å². The monoisotopic (exact) mass is 490 g/mol. The highest BCUT2D eigenvalue weighted by molar-refractivity contribution is 7.99. The summed E-state index contributed by atoms with van der Waals surface area (Å²) < 4.78 is 1.51. The Hall–Kier alpha value is -2.39. The maximum Gasteiger partial charge on any atom is 0.261 e. The van der Waals surface area contributed by atoms with Crippen molar-refractivity contribution in [3.05, 3.63) is 68.2 Å². The van der Waals surface area contributed by atoms with Crippen LogP contribution in [0.4, 0.5) is 5.13 Å². The predicted octanol–water partition coefficient (Wildman–Crippen LogP) is 5.48. The van der Waals surface area contributed by atoms with Crippen LogP contribution in [0, 0.1) is 0 Å². The Balaban J connectivity index is 1.37. The SMILES string of the molecule is Cn1c(SCCC(=O)Nc2nc(-c3ccc(Cl)c(Cl)c3)cs2)nc2ccccc2c1=O. The van der Waals surface area contributed by atoms with Crippen molar-refractivity contribution in [1.29, 1.82) is 0 Å². The zero-order valence-corrected chi connectivity index (χ0v) is 19.4. The minimum Gasteiger partial charge on any atom is -0.302 e. The fourth-order valence-electron chi connectivity index (χ4n) is 2.86. The number of anilines is 1. The molecule has 0 saturated heterocycles.